The Morgan fingerprint density at radius 3 is 2.83 bits per heavy atom. The number of hydrogen-bond acceptors (Lipinski definition) is 7. The molecule has 5 rings (SSSR count). The van der Waals surface area contributed by atoms with E-state index >= 15 is 0 Å². The SMILES string of the molecule is Cc1cc2nccc(=O)n2nc1N1CCc2ncc(-c3ccc(Cl)nn3)cc2C1. The molecule has 5 heterocycles. The van der Waals surface area contributed by atoms with Crippen LogP contribution in [0.5, 0.6) is 0 Å². The molecule has 144 valence electrons. The second kappa shape index (κ2) is 6.89. The van der Waals surface area contributed by atoms with Crippen molar-refractivity contribution >= 4 is 23.1 Å². The molecule has 0 aliphatic carbocycles. The standard InChI is InChI=1S/C20H16ClN7O/c1-12-8-18-22-6-4-19(29)28(18)26-20(12)27-7-5-15-14(11-27)9-13(10-23-15)16-2-3-17(21)25-24-16/h2-4,6,8-10H,5,7,11H2,1H3. The maximum Gasteiger partial charge on any atom is 0.274 e. The van der Waals surface area contributed by atoms with Crippen molar-refractivity contribution in [1.82, 2.24) is 29.8 Å². The van der Waals surface area contributed by atoms with Crippen molar-refractivity contribution in [3.8, 4) is 11.3 Å². The number of halogens is 1. The van der Waals surface area contributed by atoms with E-state index in [9.17, 15) is 4.79 Å². The first-order valence-corrected chi connectivity index (χ1v) is 9.54. The van der Waals surface area contributed by atoms with Crippen molar-refractivity contribution in [3.05, 3.63) is 75.1 Å². The van der Waals surface area contributed by atoms with E-state index in [2.05, 4.69) is 36.2 Å². The van der Waals surface area contributed by atoms with Crippen LogP contribution in [0.4, 0.5) is 5.82 Å². The number of nitrogens with zero attached hydrogens (tertiary/aromatic N) is 7. The molecule has 0 aromatic carbocycles. The molecular formula is C20H16ClN7O. The lowest BCUT2D eigenvalue weighted by molar-refractivity contribution is 0.685. The van der Waals surface area contributed by atoms with Crippen molar-refractivity contribution in [3.63, 3.8) is 0 Å². The lowest BCUT2D eigenvalue weighted by Gasteiger charge is -2.30. The predicted molar refractivity (Wildman–Crippen MR) is 109 cm³/mol. The van der Waals surface area contributed by atoms with Crippen LogP contribution in [0, 0.1) is 6.92 Å². The Kier molecular flexibility index (Phi) is 4.21. The number of hydrogen-bond donors (Lipinski definition) is 0. The zero-order chi connectivity index (χ0) is 20.0. The van der Waals surface area contributed by atoms with Gasteiger partial charge in [-0.3, -0.25) is 9.78 Å². The maximum absolute atomic E-state index is 12.2. The van der Waals surface area contributed by atoms with Crippen LogP contribution in [0.3, 0.4) is 0 Å². The van der Waals surface area contributed by atoms with Gasteiger partial charge in [-0.25, -0.2) is 4.98 Å². The lowest BCUT2D eigenvalue weighted by Crippen LogP contribution is -2.33. The van der Waals surface area contributed by atoms with Crippen molar-refractivity contribution in [2.75, 3.05) is 11.4 Å². The third-order valence-corrected chi connectivity index (χ3v) is 5.21. The maximum atomic E-state index is 12.2. The smallest absolute Gasteiger partial charge is 0.274 e. The number of aromatic nitrogens is 6. The van der Waals surface area contributed by atoms with Gasteiger partial charge in [-0.2, -0.15) is 4.52 Å². The van der Waals surface area contributed by atoms with Crippen LogP contribution in [-0.4, -0.2) is 36.3 Å². The molecule has 0 radical (unpaired) electrons. The van der Waals surface area contributed by atoms with Gasteiger partial charge in [-0.15, -0.1) is 15.3 Å². The summed E-state index contributed by atoms with van der Waals surface area (Å²) < 4.78 is 1.34. The molecule has 9 heteroatoms. The van der Waals surface area contributed by atoms with Gasteiger partial charge >= 0.3 is 0 Å². The van der Waals surface area contributed by atoms with Crippen molar-refractivity contribution < 1.29 is 0 Å². The summed E-state index contributed by atoms with van der Waals surface area (Å²) in [5.74, 6) is 0.773. The molecule has 0 fully saturated rings. The fourth-order valence-electron chi connectivity index (χ4n) is 3.58. The summed E-state index contributed by atoms with van der Waals surface area (Å²) in [6.45, 7) is 3.40. The highest BCUT2D eigenvalue weighted by Gasteiger charge is 2.21. The van der Waals surface area contributed by atoms with Gasteiger partial charge in [0.2, 0.25) is 0 Å². The van der Waals surface area contributed by atoms with Crippen LogP contribution in [0.15, 0.2) is 47.5 Å². The van der Waals surface area contributed by atoms with Crippen molar-refractivity contribution in [2.24, 2.45) is 0 Å². The van der Waals surface area contributed by atoms with Gasteiger partial charge in [-0.1, -0.05) is 11.6 Å². The first-order valence-electron chi connectivity index (χ1n) is 9.16. The van der Waals surface area contributed by atoms with Gasteiger partial charge in [0.15, 0.2) is 16.6 Å². The molecule has 29 heavy (non-hydrogen) atoms. The Morgan fingerprint density at radius 1 is 1.10 bits per heavy atom. The second-order valence-corrected chi connectivity index (χ2v) is 7.33. The Labute approximate surface area is 170 Å². The number of aryl methyl sites for hydroxylation is 1. The van der Waals surface area contributed by atoms with E-state index in [-0.39, 0.29) is 5.56 Å². The molecule has 0 N–H and O–H groups in total. The Bertz CT molecular complexity index is 1290. The molecule has 0 unspecified atom stereocenters. The normalized spacial score (nSPS) is 13.5. The molecule has 4 aromatic rings. The fourth-order valence-corrected chi connectivity index (χ4v) is 3.68. The zero-order valence-electron chi connectivity index (χ0n) is 15.6. The Morgan fingerprint density at radius 2 is 2.00 bits per heavy atom. The van der Waals surface area contributed by atoms with Crippen LogP contribution >= 0.6 is 11.6 Å². The minimum absolute atomic E-state index is 0.195. The summed E-state index contributed by atoms with van der Waals surface area (Å²) >= 11 is 5.84. The number of pyridine rings is 1. The van der Waals surface area contributed by atoms with Crippen molar-refractivity contribution in [2.45, 2.75) is 19.9 Å². The molecule has 8 nitrogen and oxygen atoms in total. The van der Waals surface area contributed by atoms with E-state index in [1.807, 2.05) is 25.3 Å². The number of fused-ring (bicyclic) bond motifs is 2. The van der Waals surface area contributed by atoms with Gasteiger partial charge in [0.05, 0.1) is 5.69 Å². The molecule has 0 amide bonds. The van der Waals surface area contributed by atoms with E-state index in [0.717, 1.165) is 46.9 Å². The molecule has 1 aliphatic heterocycles. The first-order chi connectivity index (χ1) is 14.1. The van der Waals surface area contributed by atoms with E-state index in [1.54, 1.807) is 6.07 Å². The van der Waals surface area contributed by atoms with E-state index in [1.165, 1.54) is 16.8 Å². The summed E-state index contributed by atoms with van der Waals surface area (Å²) in [7, 11) is 0. The average molecular weight is 406 g/mol. The molecule has 4 aromatic heterocycles. The second-order valence-electron chi connectivity index (χ2n) is 6.95. The third-order valence-electron chi connectivity index (χ3n) is 5.01. The van der Waals surface area contributed by atoms with E-state index in [0.29, 0.717) is 17.3 Å². The summed E-state index contributed by atoms with van der Waals surface area (Å²) in [4.78, 5) is 23.2. The summed E-state index contributed by atoms with van der Waals surface area (Å²) in [5.41, 5.74) is 5.09. The quantitative estimate of drug-likeness (QED) is 0.506. The van der Waals surface area contributed by atoms with Crippen LogP contribution in [-0.2, 0) is 13.0 Å². The highest BCUT2D eigenvalue weighted by molar-refractivity contribution is 6.29. The summed E-state index contributed by atoms with van der Waals surface area (Å²) in [6, 6.07) is 8.92. The summed E-state index contributed by atoms with van der Waals surface area (Å²) in [5, 5.41) is 13.0. The third kappa shape index (κ3) is 3.21. The molecule has 0 saturated carbocycles. The van der Waals surface area contributed by atoms with Gasteiger partial charge in [-0.05, 0) is 42.3 Å². The monoisotopic (exact) mass is 405 g/mol. The fraction of sp³-hybridized carbons (Fsp3) is 0.200. The largest absolute Gasteiger partial charge is 0.350 e. The van der Waals surface area contributed by atoms with E-state index in [4.69, 9.17) is 11.6 Å². The molecule has 0 bridgehead atoms. The molecule has 1 aliphatic rings. The lowest BCUT2D eigenvalue weighted by atomic mass is 10.0. The van der Waals surface area contributed by atoms with Gasteiger partial charge in [0.25, 0.3) is 5.56 Å². The molecule has 0 spiro atoms. The molecule has 0 atom stereocenters. The average Bonchev–Trinajstić information content (AvgIpc) is 2.73. The van der Waals surface area contributed by atoms with Gasteiger partial charge < -0.3 is 4.90 Å². The van der Waals surface area contributed by atoms with Crippen molar-refractivity contribution in [1.29, 1.82) is 0 Å². The summed E-state index contributed by atoms with van der Waals surface area (Å²) in [6.07, 6.45) is 4.11. The van der Waals surface area contributed by atoms with Gasteiger partial charge in [0.1, 0.15) is 0 Å². The van der Waals surface area contributed by atoms with E-state index < -0.39 is 0 Å². The van der Waals surface area contributed by atoms with Crippen LogP contribution in [0.2, 0.25) is 5.15 Å². The van der Waals surface area contributed by atoms with Crippen LogP contribution in [0.25, 0.3) is 16.9 Å². The minimum Gasteiger partial charge on any atom is -0.350 e. The topological polar surface area (TPSA) is 89.2 Å². The molecule has 0 saturated heterocycles. The Balaban J connectivity index is 1.52. The molecular weight excluding hydrogens is 390 g/mol. The first kappa shape index (κ1) is 17.7. The van der Waals surface area contributed by atoms with Crippen LogP contribution in [0.1, 0.15) is 16.8 Å². The number of anilines is 1. The number of rotatable bonds is 2. The van der Waals surface area contributed by atoms with Crippen LogP contribution < -0.4 is 10.5 Å². The highest BCUT2D eigenvalue weighted by Crippen LogP contribution is 2.27. The predicted octanol–water partition coefficient (Wildman–Crippen LogP) is 2.47. The Hall–Kier alpha value is -3.39. The minimum atomic E-state index is -0.195. The van der Waals surface area contributed by atoms with Gasteiger partial charge in [0, 0.05) is 49.2 Å². The zero-order valence-corrected chi connectivity index (χ0v) is 16.3. The highest BCUT2D eigenvalue weighted by atomic mass is 35.5.